The number of methoxy groups -OCH3 is 1. The molecule has 3 nitrogen and oxygen atoms in total. The molecule has 1 unspecified atom stereocenters. The minimum absolute atomic E-state index is 0.0573. The fraction of sp³-hybridized carbons (Fsp3) is 0.562. The van der Waals surface area contributed by atoms with E-state index in [0.29, 0.717) is 21.5 Å². The number of ether oxygens (including phenoxy) is 1. The van der Waals surface area contributed by atoms with Crippen molar-refractivity contribution in [2.45, 2.75) is 25.8 Å². The molecule has 0 amide bonds. The summed E-state index contributed by atoms with van der Waals surface area (Å²) in [6, 6.07) is 4.87. The summed E-state index contributed by atoms with van der Waals surface area (Å²) in [5, 5.41) is 0.971. The van der Waals surface area contributed by atoms with Crippen LogP contribution < -0.4 is 0 Å². The van der Waals surface area contributed by atoms with Gasteiger partial charge in [-0.05, 0) is 57.0 Å². The average Bonchev–Trinajstić information content (AvgIpc) is 2.47. The van der Waals surface area contributed by atoms with Crippen LogP contribution in [0.3, 0.4) is 0 Å². The Bertz CT molecular complexity index is 499. The van der Waals surface area contributed by atoms with Crippen molar-refractivity contribution in [3.05, 3.63) is 33.8 Å². The monoisotopic (exact) mass is 329 g/mol. The maximum atomic E-state index is 12.6. The van der Waals surface area contributed by atoms with E-state index in [1.54, 1.807) is 25.3 Å². The van der Waals surface area contributed by atoms with E-state index in [1.807, 2.05) is 6.92 Å². The van der Waals surface area contributed by atoms with Crippen LogP contribution in [0.25, 0.3) is 0 Å². The molecular formula is C16H21Cl2NO2. The molecule has 1 saturated heterocycles. The van der Waals surface area contributed by atoms with Crippen LogP contribution in [0, 0.1) is 5.92 Å². The third-order valence-corrected chi connectivity index (χ3v) is 4.72. The van der Waals surface area contributed by atoms with E-state index in [0.717, 1.165) is 32.5 Å². The number of benzene rings is 1. The molecule has 0 N–H and O–H groups in total. The number of carbonyl (C=O) groups excluding carboxylic acids is 1. The fourth-order valence-corrected chi connectivity index (χ4v) is 3.32. The van der Waals surface area contributed by atoms with Crippen molar-refractivity contribution in [1.82, 2.24) is 4.90 Å². The van der Waals surface area contributed by atoms with Gasteiger partial charge in [0.2, 0.25) is 0 Å². The molecule has 1 aromatic carbocycles. The fourth-order valence-electron chi connectivity index (χ4n) is 2.82. The van der Waals surface area contributed by atoms with E-state index in [1.165, 1.54) is 0 Å². The molecular weight excluding hydrogens is 309 g/mol. The summed E-state index contributed by atoms with van der Waals surface area (Å²) in [4.78, 5) is 14.8. The summed E-state index contributed by atoms with van der Waals surface area (Å²) in [7, 11) is 1.74. The smallest absolute Gasteiger partial charge is 0.181 e. The maximum absolute atomic E-state index is 12.6. The Morgan fingerprint density at radius 2 is 2.05 bits per heavy atom. The van der Waals surface area contributed by atoms with E-state index in [2.05, 4.69) is 4.90 Å². The van der Waals surface area contributed by atoms with E-state index in [9.17, 15) is 4.79 Å². The first-order valence-electron chi connectivity index (χ1n) is 7.25. The molecule has 5 heteroatoms. The third-order valence-electron chi connectivity index (χ3n) is 4.18. The Morgan fingerprint density at radius 1 is 1.38 bits per heavy atom. The molecule has 1 fully saturated rings. The number of piperidine rings is 1. The summed E-state index contributed by atoms with van der Waals surface area (Å²) in [6.07, 6.45) is 2.14. The van der Waals surface area contributed by atoms with Crippen LogP contribution in [0.15, 0.2) is 18.2 Å². The largest absolute Gasteiger partial charge is 0.384 e. The van der Waals surface area contributed by atoms with Crippen LogP contribution >= 0.6 is 23.2 Å². The second-order valence-electron chi connectivity index (χ2n) is 5.60. The Hall–Kier alpha value is -0.610. The number of likely N-dealkylation sites (tertiary alicyclic amines) is 1. The van der Waals surface area contributed by atoms with Gasteiger partial charge in [-0.1, -0.05) is 23.2 Å². The first-order valence-corrected chi connectivity index (χ1v) is 8.00. The lowest BCUT2D eigenvalue weighted by Gasteiger charge is -2.35. The van der Waals surface area contributed by atoms with Gasteiger partial charge in [-0.25, -0.2) is 0 Å². The quantitative estimate of drug-likeness (QED) is 0.767. The Morgan fingerprint density at radius 3 is 2.62 bits per heavy atom. The zero-order valence-corrected chi connectivity index (χ0v) is 14.0. The molecule has 0 aliphatic carbocycles. The molecule has 0 saturated carbocycles. The van der Waals surface area contributed by atoms with E-state index >= 15 is 0 Å². The Balaban J connectivity index is 2.00. The zero-order chi connectivity index (χ0) is 15.4. The number of hydrogen-bond acceptors (Lipinski definition) is 3. The molecule has 116 valence electrons. The summed E-state index contributed by atoms with van der Waals surface area (Å²) in [5.41, 5.74) is 0.549. The lowest BCUT2D eigenvalue weighted by molar-refractivity contribution is 0.0661. The highest BCUT2D eigenvalue weighted by molar-refractivity contribution is 6.37. The average molecular weight is 330 g/mol. The third kappa shape index (κ3) is 4.19. The van der Waals surface area contributed by atoms with Gasteiger partial charge in [0.1, 0.15) is 0 Å². The van der Waals surface area contributed by atoms with Gasteiger partial charge in [-0.2, -0.15) is 0 Å². The van der Waals surface area contributed by atoms with Crippen molar-refractivity contribution >= 4 is 29.0 Å². The van der Waals surface area contributed by atoms with Crippen LogP contribution in [0.1, 0.15) is 30.1 Å². The predicted molar refractivity (Wildman–Crippen MR) is 86.4 cm³/mol. The number of halogens is 2. The van der Waals surface area contributed by atoms with Crippen LogP contribution in [0.4, 0.5) is 0 Å². The molecule has 0 spiro atoms. The lowest BCUT2D eigenvalue weighted by Crippen LogP contribution is -2.44. The Labute approximate surface area is 136 Å². The number of ketones is 1. The molecule has 1 aliphatic heterocycles. The van der Waals surface area contributed by atoms with Crippen molar-refractivity contribution in [2.75, 3.05) is 26.8 Å². The van der Waals surface area contributed by atoms with Crippen molar-refractivity contribution in [2.24, 2.45) is 5.92 Å². The molecule has 1 aliphatic rings. The highest BCUT2D eigenvalue weighted by Gasteiger charge is 2.28. The van der Waals surface area contributed by atoms with Gasteiger partial charge in [0.15, 0.2) is 5.78 Å². The number of hydrogen-bond donors (Lipinski definition) is 0. The zero-order valence-electron chi connectivity index (χ0n) is 12.4. The Kier molecular flexibility index (Phi) is 6.06. The SMILES string of the molecule is COCC1CCN(C(C)C(=O)c2ccc(Cl)cc2Cl)CC1. The first kappa shape index (κ1) is 16.8. The summed E-state index contributed by atoms with van der Waals surface area (Å²) >= 11 is 12.0. The van der Waals surface area contributed by atoms with Crippen LogP contribution in [0.2, 0.25) is 10.0 Å². The molecule has 21 heavy (non-hydrogen) atoms. The van der Waals surface area contributed by atoms with E-state index < -0.39 is 0 Å². The van der Waals surface area contributed by atoms with Gasteiger partial charge in [0.25, 0.3) is 0 Å². The molecule has 1 aromatic rings. The summed E-state index contributed by atoms with van der Waals surface area (Å²) in [5.74, 6) is 0.662. The van der Waals surface area contributed by atoms with Gasteiger partial charge < -0.3 is 4.74 Å². The summed E-state index contributed by atoms with van der Waals surface area (Å²) in [6.45, 7) is 4.60. The standard InChI is InChI=1S/C16H21Cl2NO2/c1-11(19-7-5-12(6-8-19)10-21-2)16(20)14-4-3-13(17)9-15(14)18/h3-4,9,11-12H,5-8,10H2,1-2H3. The van der Waals surface area contributed by atoms with Gasteiger partial charge in [0, 0.05) is 24.3 Å². The van der Waals surface area contributed by atoms with Gasteiger partial charge in [-0.3, -0.25) is 9.69 Å². The molecule has 0 aromatic heterocycles. The topological polar surface area (TPSA) is 29.5 Å². The van der Waals surface area contributed by atoms with Crippen LogP contribution in [0.5, 0.6) is 0 Å². The lowest BCUT2D eigenvalue weighted by atomic mass is 9.95. The molecule has 0 radical (unpaired) electrons. The molecule has 2 rings (SSSR count). The molecule has 0 bridgehead atoms. The normalized spacial score (nSPS) is 18.7. The summed E-state index contributed by atoms with van der Waals surface area (Å²) < 4.78 is 5.21. The van der Waals surface area contributed by atoms with Crippen molar-refractivity contribution < 1.29 is 9.53 Å². The number of Topliss-reactive ketones (excluding diaryl/α,β-unsaturated/α-hetero) is 1. The van der Waals surface area contributed by atoms with Crippen LogP contribution in [-0.2, 0) is 4.74 Å². The van der Waals surface area contributed by atoms with Crippen LogP contribution in [-0.4, -0.2) is 43.5 Å². The minimum atomic E-state index is -0.160. The van der Waals surface area contributed by atoms with Crippen molar-refractivity contribution in [3.63, 3.8) is 0 Å². The highest BCUT2D eigenvalue weighted by atomic mass is 35.5. The number of nitrogens with zero attached hydrogens (tertiary/aromatic N) is 1. The predicted octanol–water partition coefficient (Wildman–Crippen LogP) is 3.92. The molecule has 1 atom stereocenters. The maximum Gasteiger partial charge on any atom is 0.181 e. The van der Waals surface area contributed by atoms with Gasteiger partial charge in [0.05, 0.1) is 11.1 Å². The first-order chi connectivity index (χ1) is 10.0. The van der Waals surface area contributed by atoms with Gasteiger partial charge >= 0.3 is 0 Å². The molecule has 1 heterocycles. The number of carbonyl (C=O) groups is 1. The van der Waals surface area contributed by atoms with Crippen molar-refractivity contribution in [3.8, 4) is 0 Å². The second kappa shape index (κ2) is 7.59. The van der Waals surface area contributed by atoms with E-state index in [4.69, 9.17) is 27.9 Å². The second-order valence-corrected chi connectivity index (χ2v) is 6.44. The highest BCUT2D eigenvalue weighted by Crippen LogP contribution is 2.25. The van der Waals surface area contributed by atoms with Gasteiger partial charge in [-0.15, -0.1) is 0 Å². The van der Waals surface area contributed by atoms with E-state index in [-0.39, 0.29) is 11.8 Å². The van der Waals surface area contributed by atoms with Crippen molar-refractivity contribution in [1.29, 1.82) is 0 Å². The number of rotatable bonds is 5. The minimum Gasteiger partial charge on any atom is -0.384 e.